The second kappa shape index (κ2) is 14.3. The van der Waals surface area contributed by atoms with Gasteiger partial charge >= 0.3 is 279 Å². The van der Waals surface area contributed by atoms with Crippen molar-refractivity contribution in [2.24, 2.45) is 0 Å². The van der Waals surface area contributed by atoms with Crippen molar-refractivity contribution in [3.63, 3.8) is 0 Å². The third-order valence-electron chi connectivity index (χ3n) is 6.86. The van der Waals surface area contributed by atoms with Crippen molar-refractivity contribution in [2.45, 2.75) is 19.8 Å². The van der Waals surface area contributed by atoms with Crippen molar-refractivity contribution in [3.05, 3.63) is 123 Å². The van der Waals surface area contributed by atoms with Crippen molar-refractivity contribution in [1.82, 2.24) is 27.6 Å². The van der Waals surface area contributed by atoms with Crippen LogP contribution >= 0.6 is 0 Å². The van der Waals surface area contributed by atoms with Crippen LogP contribution in [-0.4, -0.2) is 71.8 Å². The van der Waals surface area contributed by atoms with Crippen LogP contribution in [0.3, 0.4) is 0 Å². The number of rotatable bonds is 12. The fourth-order valence-corrected chi connectivity index (χ4v) is 7.56. The Bertz CT molecular complexity index is 1690. The first-order chi connectivity index (χ1) is 22.2. The molecule has 0 amide bonds. The fraction of sp³-hybridized carbons (Fsp3) is 0.0909. The molecule has 0 saturated heterocycles. The summed E-state index contributed by atoms with van der Waals surface area (Å²) in [6.45, 7) is 1.22. The Labute approximate surface area is 277 Å². The summed E-state index contributed by atoms with van der Waals surface area (Å²) in [6, 6.07) is 30.2. The molecule has 0 N–H and O–H groups in total. The van der Waals surface area contributed by atoms with E-state index in [0.717, 1.165) is 67.7 Å². The van der Waals surface area contributed by atoms with Crippen LogP contribution in [0.1, 0.15) is 16.7 Å². The van der Waals surface area contributed by atoms with Crippen molar-refractivity contribution in [3.8, 4) is 51.0 Å². The first-order valence-corrected chi connectivity index (χ1v) is 19.1. The van der Waals surface area contributed by atoms with Gasteiger partial charge in [0.2, 0.25) is 0 Å². The molecule has 0 bridgehead atoms. The van der Waals surface area contributed by atoms with Crippen LogP contribution in [0.2, 0.25) is 0 Å². The standard InChI is InChI=1S/C33H24N6O3Se3/c1-7-28(8-2-25(1)31-19-43-37-34-31)40-16-22-13-23(17-41-29-9-3-26(4-10-29)32-20-44-38-35-32)15-24(14-22)18-42-30-11-5-27(6-12-30)33-21-45-39-36-33/h1-15,19-21H,16-18H2. The number of hydrogen-bond donors (Lipinski definition) is 0. The molecule has 7 aromatic rings. The monoisotopic (exact) mass is 792 g/mol. The molecule has 0 saturated carbocycles. The van der Waals surface area contributed by atoms with E-state index >= 15 is 0 Å². The van der Waals surface area contributed by atoms with E-state index in [0.29, 0.717) is 19.8 Å². The summed E-state index contributed by atoms with van der Waals surface area (Å²) < 4.78 is 30.8. The summed E-state index contributed by atoms with van der Waals surface area (Å²) in [5, 5.41) is 12.6. The predicted molar refractivity (Wildman–Crippen MR) is 173 cm³/mol. The van der Waals surface area contributed by atoms with Crippen molar-refractivity contribution in [2.75, 3.05) is 0 Å². The molecule has 45 heavy (non-hydrogen) atoms. The molecule has 0 unspecified atom stereocenters. The third kappa shape index (κ3) is 7.75. The van der Waals surface area contributed by atoms with Gasteiger partial charge in [0.05, 0.1) is 0 Å². The molecule has 9 nitrogen and oxygen atoms in total. The second-order valence-electron chi connectivity index (χ2n) is 9.97. The summed E-state index contributed by atoms with van der Waals surface area (Å²) in [6.07, 6.45) is 0. The van der Waals surface area contributed by atoms with Gasteiger partial charge < -0.3 is 0 Å². The van der Waals surface area contributed by atoms with Gasteiger partial charge in [-0.1, -0.05) is 0 Å². The molecule has 3 heterocycles. The SMILES string of the molecule is c1c(COc2ccc(-c3c[se]nn3)cc2)cc(COc2ccc(-c3c[se]nn3)cc2)cc1COc1ccc(-c2c[se]nn2)cc1. The van der Waals surface area contributed by atoms with E-state index in [4.69, 9.17) is 14.2 Å². The number of ether oxygens (including phenoxy) is 3. The quantitative estimate of drug-likeness (QED) is 0.159. The molecule has 0 aliphatic carbocycles. The Morgan fingerprint density at radius 2 is 0.689 bits per heavy atom. The van der Waals surface area contributed by atoms with E-state index in [1.165, 1.54) is 0 Å². The van der Waals surface area contributed by atoms with Gasteiger partial charge in [-0.25, -0.2) is 0 Å². The Hall–Kier alpha value is -4.14. The molecule has 0 aliphatic rings. The Morgan fingerprint density at radius 3 is 0.933 bits per heavy atom. The second-order valence-corrected chi connectivity index (χ2v) is 13.8. The van der Waals surface area contributed by atoms with Gasteiger partial charge in [0.25, 0.3) is 0 Å². The van der Waals surface area contributed by atoms with Gasteiger partial charge in [-0.3, -0.25) is 0 Å². The maximum absolute atomic E-state index is 6.18. The molecule has 4 aromatic carbocycles. The van der Waals surface area contributed by atoms with E-state index in [2.05, 4.69) is 60.6 Å². The first kappa shape index (κ1) is 29.6. The van der Waals surface area contributed by atoms with E-state index in [1.807, 2.05) is 72.8 Å². The van der Waals surface area contributed by atoms with Gasteiger partial charge in [-0.15, -0.1) is 0 Å². The Balaban J connectivity index is 1.05. The van der Waals surface area contributed by atoms with Crippen molar-refractivity contribution in [1.29, 1.82) is 0 Å². The van der Waals surface area contributed by atoms with Gasteiger partial charge in [0.15, 0.2) is 0 Å². The van der Waals surface area contributed by atoms with E-state index in [9.17, 15) is 0 Å². The van der Waals surface area contributed by atoms with Gasteiger partial charge in [0, 0.05) is 0 Å². The average Bonchev–Trinajstić information content (AvgIpc) is 3.91. The van der Waals surface area contributed by atoms with Gasteiger partial charge in [0.1, 0.15) is 0 Å². The molecular weight excluding hydrogens is 765 g/mol. The summed E-state index contributed by atoms with van der Waals surface area (Å²) >= 11 is 0.318. The van der Waals surface area contributed by atoms with Crippen LogP contribution in [0.5, 0.6) is 17.2 Å². The molecule has 3 aromatic heterocycles. The molecule has 0 aliphatic heterocycles. The summed E-state index contributed by atoms with van der Waals surface area (Å²) in [5.74, 6) is 2.36. The minimum absolute atomic E-state index is 0.106. The van der Waals surface area contributed by atoms with Crippen molar-refractivity contribution < 1.29 is 14.2 Å². The number of benzene rings is 4. The zero-order valence-electron chi connectivity index (χ0n) is 23.6. The molecule has 7 rings (SSSR count). The summed E-state index contributed by atoms with van der Waals surface area (Å²) in [5.41, 5.74) is 8.98. The number of nitrogens with zero attached hydrogens (tertiary/aromatic N) is 6. The van der Waals surface area contributed by atoms with E-state index in [1.54, 1.807) is 0 Å². The maximum atomic E-state index is 6.18. The van der Waals surface area contributed by atoms with E-state index < -0.39 is 0 Å². The van der Waals surface area contributed by atoms with Crippen LogP contribution in [0.25, 0.3) is 33.8 Å². The number of hydrogen-bond acceptors (Lipinski definition) is 9. The predicted octanol–water partition coefficient (Wildman–Crippen LogP) is 4.97. The van der Waals surface area contributed by atoms with Crippen LogP contribution in [0.4, 0.5) is 0 Å². The topological polar surface area (TPSA) is 105 Å². The molecular formula is C33H24N6O3Se3. The van der Waals surface area contributed by atoms with E-state index in [-0.39, 0.29) is 44.2 Å². The summed E-state index contributed by atoms with van der Waals surface area (Å²) in [7, 11) is 0. The van der Waals surface area contributed by atoms with Crippen LogP contribution in [0, 0.1) is 0 Å². The molecule has 0 atom stereocenters. The average molecular weight is 789 g/mol. The Kier molecular flexibility index (Phi) is 9.40. The zero-order valence-corrected chi connectivity index (χ0v) is 28.8. The van der Waals surface area contributed by atoms with Gasteiger partial charge in [-0.05, 0) is 0 Å². The molecule has 222 valence electrons. The molecule has 12 heteroatoms. The van der Waals surface area contributed by atoms with Gasteiger partial charge in [-0.2, -0.15) is 0 Å². The molecule has 0 spiro atoms. The first-order valence-electron chi connectivity index (χ1n) is 13.9. The molecule has 0 radical (unpaired) electrons. The molecule has 0 fully saturated rings. The minimum atomic E-state index is 0.106. The van der Waals surface area contributed by atoms with Crippen molar-refractivity contribution >= 4 is 44.2 Å². The zero-order chi connectivity index (χ0) is 30.3. The summed E-state index contributed by atoms with van der Waals surface area (Å²) in [4.78, 5) is 6.22. The third-order valence-corrected chi connectivity index (χ3v) is 10.0. The van der Waals surface area contributed by atoms with Crippen LogP contribution in [-0.2, 0) is 19.8 Å². The number of aromatic nitrogens is 6. The van der Waals surface area contributed by atoms with Crippen LogP contribution < -0.4 is 14.2 Å². The Morgan fingerprint density at radius 1 is 0.400 bits per heavy atom. The normalized spacial score (nSPS) is 10.9. The fourth-order valence-electron chi connectivity index (χ4n) is 4.63. The van der Waals surface area contributed by atoms with Crippen LogP contribution in [0.15, 0.2) is 106 Å².